The zero-order valence-electron chi connectivity index (χ0n) is 15.4. The number of ether oxygens (including phenoxy) is 1. The maximum Gasteiger partial charge on any atom is 0.225 e. The molecule has 0 radical (unpaired) electrons. The van der Waals surface area contributed by atoms with Gasteiger partial charge in [-0.25, -0.2) is 4.39 Å². The highest BCUT2D eigenvalue weighted by atomic mass is 35.5. The van der Waals surface area contributed by atoms with Gasteiger partial charge < -0.3 is 15.0 Å². The van der Waals surface area contributed by atoms with E-state index in [1.54, 1.807) is 29.2 Å². The number of benzene rings is 2. The lowest BCUT2D eigenvalue weighted by Crippen LogP contribution is -2.45. The average Bonchev–Trinajstić information content (AvgIpc) is 2.70. The van der Waals surface area contributed by atoms with Crippen molar-refractivity contribution in [2.45, 2.75) is 19.4 Å². The van der Waals surface area contributed by atoms with Crippen LogP contribution in [0.15, 0.2) is 48.5 Å². The van der Waals surface area contributed by atoms with E-state index in [2.05, 4.69) is 5.32 Å². The topological polar surface area (TPSA) is 58.6 Å². The summed E-state index contributed by atoms with van der Waals surface area (Å²) in [5, 5.41) is 3.49. The molecular formula is C21H22ClFN2O3. The maximum absolute atomic E-state index is 12.9. The first-order chi connectivity index (χ1) is 13.5. The van der Waals surface area contributed by atoms with Crippen LogP contribution in [-0.2, 0) is 16.1 Å². The summed E-state index contributed by atoms with van der Waals surface area (Å²) in [6.07, 6.45) is 0.901. The molecular weight excluding hydrogens is 383 g/mol. The molecule has 1 N–H and O–H groups in total. The van der Waals surface area contributed by atoms with E-state index in [1.807, 2.05) is 12.1 Å². The molecule has 7 heteroatoms. The van der Waals surface area contributed by atoms with Crippen molar-refractivity contribution in [3.05, 3.63) is 64.9 Å². The Morgan fingerprint density at radius 2 is 1.89 bits per heavy atom. The normalized spacial score (nSPS) is 16.7. The van der Waals surface area contributed by atoms with Crippen LogP contribution in [0, 0.1) is 11.7 Å². The molecule has 1 fully saturated rings. The van der Waals surface area contributed by atoms with Gasteiger partial charge in [-0.15, -0.1) is 0 Å². The van der Waals surface area contributed by atoms with Gasteiger partial charge in [-0.3, -0.25) is 9.59 Å². The number of carbonyl (C=O) groups is 2. The largest absolute Gasteiger partial charge is 0.492 e. The fourth-order valence-electron chi connectivity index (χ4n) is 3.11. The minimum absolute atomic E-state index is 0.0543. The van der Waals surface area contributed by atoms with Crippen LogP contribution < -0.4 is 10.1 Å². The zero-order valence-corrected chi connectivity index (χ0v) is 16.1. The number of hydrogen-bond acceptors (Lipinski definition) is 3. The Morgan fingerprint density at radius 3 is 2.61 bits per heavy atom. The molecule has 0 bridgehead atoms. The van der Waals surface area contributed by atoms with Crippen molar-refractivity contribution < 1.29 is 18.7 Å². The van der Waals surface area contributed by atoms with Crippen LogP contribution in [0.5, 0.6) is 5.75 Å². The van der Waals surface area contributed by atoms with Crippen LogP contribution in [0.3, 0.4) is 0 Å². The van der Waals surface area contributed by atoms with E-state index in [-0.39, 0.29) is 30.2 Å². The van der Waals surface area contributed by atoms with Crippen molar-refractivity contribution in [2.24, 2.45) is 5.92 Å². The third kappa shape index (κ3) is 5.70. The number of carbonyl (C=O) groups excluding carboxylic acids is 2. The van der Waals surface area contributed by atoms with E-state index in [0.29, 0.717) is 43.2 Å². The summed E-state index contributed by atoms with van der Waals surface area (Å²) in [5.41, 5.74) is 0.978. The van der Waals surface area contributed by atoms with Crippen molar-refractivity contribution in [1.29, 1.82) is 0 Å². The van der Waals surface area contributed by atoms with Gasteiger partial charge in [-0.2, -0.15) is 0 Å². The van der Waals surface area contributed by atoms with Crippen LogP contribution >= 0.6 is 11.6 Å². The molecule has 2 aromatic rings. The first-order valence-electron chi connectivity index (χ1n) is 9.19. The number of nitrogens with one attached hydrogen (secondary N) is 1. The molecule has 1 heterocycles. The number of hydrogen-bond donors (Lipinski definition) is 1. The molecule has 0 saturated carbocycles. The predicted octanol–water partition coefficient (Wildman–Crippen LogP) is 3.41. The molecule has 3 rings (SSSR count). The Morgan fingerprint density at radius 1 is 1.18 bits per heavy atom. The van der Waals surface area contributed by atoms with Crippen molar-refractivity contribution >= 4 is 23.4 Å². The second-order valence-corrected chi connectivity index (χ2v) is 7.17. The van der Waals surface area contributed by atoms with Gasteiger partial charge in [-0.05, 0) is 48.4 Å². The lowest BCUT2D eigenvalue weighted by Gasteiger charge is -2.32. The number of amides is 2. The molecule has 0 aromatic heterocycles. The Hall–Kier alpha value is -2.60. The molecule has 28 heavy (non-hydrogen) atoms. The van der Waals surface area contributed by atoms with Gasteiger partial charge in [0.25, 0.3) is 0 Å². The number of rotatable bonds is 7. The summed E-state index contributed by atoms with van der Waals surface area (Å²) >= 11 is 5.89. The SMILES string of the molecule is O=C(NCCOc1ccc(F)cc1)[C@H]1CCC(=O)N(Cc2ccc(Cl)cc2)C1. The molecule has 1 atom stereocenters. The van der Waals surface area contributed by atoms with Crippen molar-refractivity contribution in [3.63, 3.8) is 0 Å². The molecule has 1 aliphatic heterocycles. The zero-order chi connectivity index (χ0) is 19.9. The summed E-state index contributed by atoms with van der Waals surface area (Å²) in [7, 11) is 0. The highest BCUT2D eigenvalue weighted by Crippen LogP contribution is 2.21. The summed E-state index contributed by atoms with van der Waals surface area (Å²) in [6.45, 7) is 1.49. The fraction of sp³-hybridized carbons (Fsp3) is 0.333. The van der Waals surface area contributed by atoms with E-state index in [4.69, 9.17) is 16.3 Å². The van der Waals surface area contributed by atoms with Crippen molar-refractivity contribution in [3.8, 4) is 5.75 Å². The molecule has 0 aliphatic carbocycles. The summed E-state index contributed by atoms with van der Waals surface area (Å²) in [6, 6.07) is 13.1. The van der Waals surface area contributed by atoms with Crippen LogP contribution in [0.4, 0.5) is 4.39 Å². The third-order valence-corrected chi connectivity index (χ3v) is 4.89. The number of likely N-dealkylation sites (tertiary alicyclic amines) is 1. The van der Waals surface area contributed by atoms with E-state index < -0.39 is 0 Å². The molecule has 5 nitrogen and oxygen atoms in total. The lowest BCUT2D eigenvalue weighted by atomic mass is 9.96. The van der Waals surface area contributed by atoms with Crippen molar-refractivity contribution in [1.82, 2.24) is 10.2 Å². The van der Waals surface area contributed by atoms with Gasteiger partial charge in [0.05, 0.1) is 12.5 Å². The van der Waals surface area contributed by atoms with E-state index >= 15 is 0 Å². The Kier molecular flexibility index (Phi) is 6.87. The van der Waals surface area contributed by atoms with Gasteiger partial charge in [0.2, 0.25) is 11.8 Å². The van der Waals surface area contributed by atoms with Gasteiger partial charge in [-0.1, -0.05) is 23.7 Å². The summed E-state index contributed by atoms with van der Waals surface area (Å²) < 4.78 is 18.3. The molecule has 148 valence electrons. The van der Waals surface area contributed by atoms with Crippen LogP contribution in [-0.4, -0.2) is 36.4 Å². The predicted molar refractivity (Wildman–Crippen MR) is 104 cm³/mol. The first-order valence-corrected chi connectivity index (χ1v) is 9.57. The van der Waals surface area contributed by atoms with Gasteiger partial charge in [0.1, 0.15) is 18.2 Å². The Labute approximate surface area is 168 Å². The first kappa shape index (κ1) is 20.1. The molecule has 0 spiro atoms. The highest BCUT2D eigenvalue weighted by molar-refractivity contribution is 6.30. The van der Waals surface area contributed by atoms with Gasteiger partial charge in [0, 0.05) is 24.5 Å². The van der Waals surface area contributed by atoms with Crippen LogP contribution in [0.1, 0.15) is 18.4 Å². The Bertz CT molecular complexity index is 811. The molecule has 0 unspecified atom stereocenters. The monoisotopic (exact) mass is 404 g/mol. The minimum Gasteiger partial charge on any atom is -0.492 e. The smallest absolute Gasteiger partial charge is 0.225 e. The molecule has 1 aliphatic rings. The number of nitrogens with zero attached hydrogens (tertiary/aromatic N) is 1. The molecule has 2 amide bonds. The fourth-order valence-corrected chi connectivity index (χ4v) is 3.24. The van der Waals surface area contributed by atoms with Gasteiger partial charge in [0.15, 0.2) is 0 Å². The minimum atomic E-state index is -0.323. The van der Waals surface area contributed by atoms with Crippen LogP contribution in [0.25, 0.3) is 0 Å². The second kappa shape index (κ2) is 9.55. The molecule has 1 saturated heterocycles. The standard InChI is InChI=1S/C21H22ClFN2O3/c22-17-4-1-15(2-5-17)13-25-14-16(3-10-20(25)26)21(27)24-11-12-28-19-8-6-18(23)7-9-19/h1-2,4-9,16H,3,10-14H2,(H,24,27)/t16-/m0/s1. The maximum atomic E-state index is 12.9. The Balaban J connectivity index is 1.44. The summed E-state index contributed by atoms with van der Waals surface area (Å²) in [4.78, 5) is 26.3. The van der Waals surface area contributed by atoms with Gasteiger partial charge >= 0.3 is 0 Å². The number of piperidine rings is 1. The number of halogens is 2. The highest BCUT2D eigenvalue weighted by Gasteiger charge is 2.30. The second-order valence-electron chi connectivity index (χ2n) is 6.73. The summed E-state index contributed by atoms with van der Waals surface area (Å²) in [5.74, 6) is -0.0468. The van der Waals surface area contributed by atoms with E-state index in [1.165, 1.54) is 12.1 Å². The van der Waals surface area contributed by atoms with Crippen molar-refractivity contribution in [2.75, 3.05) is 19.7 Å². The average molecular weight is 405 g/mol. The quantitative estimate of drug-likeness (QED) is 0.719. The van der Waals surface area contributed by atoms with Crippen LogP contribution in [0.2, 0.25) is 5.02 Å². The molecule has 2 aromatic carbocycles. The van der Waals surface area contributed by atoms with E-state index in [9.17, 15) is 14.0 Å². The third-order valence-electron chi connectivity index (χ3n) is 4.64. The van der Waals surface area contributed by atoms with E-state index in [0.717, 1.165) is 5.56 Å². The lowest BCUT2D eigenvalue weighted by molar-refractivity contribution is -0.138.